The van der Waals surface area contributed by atoms with E-state index in [9.17, 15) is 4.79 Å². The van der Waals surface area contributed by atoms with E-state index in [1.165, 1.54) is 0 Å². The van der Waals surface area contributed by atoms with Crippen molar-refractivity contribution in [3.63, 3.8) is 0 Å². The summed E-state index contributed by atoms with van der Waals surface area (Å²) in [5, 5.41) is 6.03. The van der Waals surface area contributed by atoms with Gasteiger partial charge in [0.15, 0.2) is 0 Å². The van der Waals surface area contributed by atoms with Crippen molar-refractivity contribution in [3.8, 4) is 0 Å². The van der Waals surface area contributed by atoms with Gasteiger partial charge in [-0.25, -0.2) is 0 Å². The van der Waals surface area contributed by atoms with E-state index in [2.05, 4.69) is 22.5 Å². The van der Waals surface area contributed by atoms with E-state index in [0.717, 1.165) is 26.1 Å². The first-order chi connectivity index (χ1) is 6.70. The average molecular weight is 199 g/mol. The van der Waals surface area contributed by atoms with Gasteiger partial charge in [-0.15, -0.1) is 0 Å². The standard InChI is InChI=1S/C10H21N3O/c1-4-13(8(2)10(14)11-3)9-5-6-12-7-9/h8-9,12H,4-7H2,1-3H3,(H,11,14). The zero-order chi connectivity index (χ0) is 10.6. The van der Waals surface area contributed by atoms with Crippen molar-refractivity contribution < 1.29 is 4.79 Å². The molecule has 2 N–H and O–H groups in total. The molecule has 2 atom stereocenters. The van der Waals surface area contributed by atoms with Crippen molar-refractivity contribution in [1.82, 2.24) is 15.5 Å². The summed E-state index contributed by atoms with van der Waals surface area (Å²) < 4.78 is 0. The molecule has 0 aromatic heterocycles. The Labute approximate surface area is 86.0 Å². The van der Waals surface area contributed by atoms with Crippen molar-refractivity contribution in [1.29, 1.82) is 0 Å². The number of rotatable bonds is 4. The number of carbonyl (C=O) groups excluding carboxylic acids is 1. The fraction of sp³-hybridized carbons (Fsp3) is 0.900. The van der Waals surface area contributed by atoms with E-state index >= 15 is 0 Å². The molecule has 0 spiro atoms. The van der Waals surface area contributed by atoms with Crippen LogP contribution in [0.1, 0.15) is 20.3 Å². The highest BCUT2D eigenvalue weighted by Crippen LogP contribution is 2.11. The third-order valence-corrected chi connectivity index (χ3v) is 2.99. The van der Waals surface area contributed by atoms with Gasteiger partial charge in [-0.05, 0) is 26.4 Å². The summed E-state index contributed by atoms with van der Waals surface area (Å²) in [5.41, 5.74) is 0. The van der Waals surface area contributed by atoms with Crippen molar-refractivity contribution in [2.45, 2.75) is 32.4 Å². The maximum Gasteiger partial charge on any atom is 0.236 e. The van der Waals surface area contributed by atoms with E-state index in [-0.39, 0.29) is 11.9 Å². The molecule has 82 valence electrons. The molecule has 4 nitrogen and oxygen atoms in total. The van der Waals surface area contributed by atoms with Gasteiger partial charge in [0.2, 0.25) is 5.91 Å². The minimum atomic E-state index is -0.0186. The van der Waals surface area contributed by atoms with E-state index < -0.39 is 0 Å². The molecule has 2 unspecified atom stereocenters. The Bertz CT molecular complexity index is 190. The second kappa shape index (κ2) is 5.32. The van der Waals surface area contributed by atoms with Gasteiger partial charge in [0.05, 0.1) is 6.04 Å². The van der Waals surface area contributed by atoms with Crippen LogP contribution in [0.5, 0.6) is 0 Å². The van der Waals surface area contributed by atoms with Gasteiger partial charge in [-0.3, -0.25) is 9.69 Å². The summed E-state index contributed by atoms with van der Waals surface area (Å²) in [6.45, 7) is 7.09. The predicted molar refractivity (Wildman–Crippen MR) is 57.2 cm³/mol. The fourth-order valence-electron chi connectivity index (χ4n) is 2.13. The van der Waals surface area contributed by atoms with Gasteiger partial charge in [0.1, 0.15) is 0 Å². The highest BCUT2D eigenvalue weighted by molar-refractivity contribution is 5.81. The van der Waals surface area contributed by atoms with Crippen LogP contribution >= 0.6 is 0 Å². The van der Waals surface area contributed by atoms with Crippen LogP contribution in [-0.4, -0.2) is 49.6 Å². The largest absolute Gasteiger partial charge is 0.358 e. The molecule has 0 aromatic carbocycles. The summed E-state index contributed by atoms with van der Waals surface area (Å²) in [4.78, 5) is 13.8. The maximum atomic E-state index is 11.5. The van der Waals surface area contributed by atoms with E-state index in [1.807, 2.05) is 6.92 Å². The average Bonchev–Trinajstić information content (AvgIpc) is 2.71. The van der Waals surface area contributed by atoms with Crippen LogP contribution in [0.3, 0.4) is 0 Å². The SMILES string of the molecule is CCN(C1CCNC1)C(C)C(=O)NC. The third-order valence-electron chi connectivity index (χ3n) is 2.99. The van der Waals surface area contributed by atoms with E-state index in [4.69, 9.17) is 0 Å². The van der Waals surface area contributed by atoms with Crippen LogP contribution in [0.4, 0.5) is 0 Å². The Hall–Kier alpha value is -0.610. The number of nitrogens with zero attached hydrogens (tertiary/aromatic N) is 1. The Morgan fingerprint density at radius 3 is 2.86 bits per heavy atom. The van der Waals surface area contributed by atoms with Crippen molar-refractivity contribution >= 4 is 5.91 Å². The zero-order valence-corrected chi connectivity index (χ0v) is 9.34. The Balaban J connectivity index is 2.55. The Kier molecular flexibility index (Phi) is 4.35. The van der Waals surface area contributed by atoms with Crippen molar-refractivity contribution in [2.24, 2.45) is 0 Å². The van der Waals surface area contributed by atoms with Crippen LogP contribution in [0.15, 0.2) is 0 Å². The molecule has 0 bridgehead atoms. The van der Waals surface area contributed by atoms with Gasteiger partial charge in [0.25, 0.3) is 0 Å². The highest BCUT2D eigenvalue weighted by Gasteiger charge is 2.28. The molecule has 0 aromatic rings. The molecule has 0 aliphatic carbocycles. The fourth-order valence-corrected chi connectivity index (χ4v) is 2.13. The molecule has 1 rings (SSSR count). The predicted octanol–water partition coefficient (Wildman–Crippen LogP) is -0.195. The topological polar surface area (TPSA) is 44.4 Å². The van der Waals surface area contributed by atoms with Crippen LogP contribution in [-0.2, 0) is 4.79 Å². The normalized spacial score (nSPS) is 23.9. The smallest absolute Gasteiger partial charge is 0.236 e. The molecule has 4 heteroatoms. The van der Waals surface area contributed by atoms with Gasteiger partial charge < -0.3 is 10.6 Å². The summed E-state index contributed by atoms with van der Waals surface area (Å²) in [6.07, 6.45) is 1.15. The third kappa shape index (κ3) is 2.45. The van der Waals surface area contributed by atoms with E-state index in [0.29, 0.717) is 6.04 Å². The lowest BCUT2D eigenvalue weighted by molar-refractivity contribution is -0.126. The Morgan fingerprint density at radius 1 is 1.71 bits per heavy atom. The quantitative estimate of drug-likeness (QED) is 0.659. The lowest BCUT2D eigenvalue weighted by atomic mass is 10.1. The van der Waals surface area contributed by atoms with Gasteiger partial charge in [-0.2, -0.15) is 0 Å². The van der Waals surface area contributed by atoms with Gasteiger partial charge in [-0.1, -0.05) is 6.92 Å². The van der Waals surface area contributed by atoms with Crippen molar-refractivity contribution in [3.05, 3.63) is 0 Å². The lowest BCUT2D eigenvalue weighted by Gasteiger charge is -2.31. The van der Waals surface area contributed by atoms with Gasteiger partial charge in [0, 0.05) is 19.6 Å². The molecule has 1 fully saturated rings. The molecule has 0 radical (unpaired) electrons. The molecule has 1 saturated heterocycles. The number of amides is 1. The minimum absolute atomic E-state index is 0.0186. The first-order valence-electron chi connectivity index (χ1n) is 5.38. The number of hydrogen-bond acceptors (Lipinski definition) is 3. The zero-order valence-electron chi connectivity index (χ0n) is 9.34. The summed E-state index contributed by atoms with van der Waals surface area (Å²) in [6, 6.07) is 0.502. The van der Waals surface area contributed by atoms with Crippen LogP contribution in [0.25, 0.3) is 0 Å². The molecule has 14 heavy (non-hydrogen) atoms. The molecule has 1 amide bonds. The first kappa shape index (κ1) is 11.5. The number of carbonyl (C=O) groups is 1. The highest BCUT2D eigenvalue weighted by atomic mass is 16.2. The van der Waals surface area contributed by atoms with Crippen LogP contribution < -0.4 is 10.6 Å². The van der Waals surface area contributed by atoms with Gasteiger partial charge >= 0.3 is 0 Å². The minimum Gasteiger partial charge on any atom is -0.358 e. The summed E-state index contributed by atoms with van der Waals surface area (Å²) >= 11 is 0. The maximum absolute atomic E-state index is 11.5. The lowest BCUT2D eigenvalue weighted by Crippen LogP contribution is -2.49. The van der Waals surface area contributed by atoms with E-state index in [1.54, 1.807) is 7.05 Å². The second-order valence-electron chi connectivity index (χ2n) is 3.77. The molecule has 1 heterocycles. The number of nitrogens with one attached hydrogen (secondary N) is 2. The second-order valence-corrected chi connectivity index (χ2v) is 3.77. The molecular formula is C10H21N3O. The molecule has 1 aliphatic heterocycles. The monoisotopic (exact) mass is 199 g/mol. The molecular weight excluding hydrogens is 178 g/mol. The van der Waals surface area contributed by atoms with Crippen LogP contribution in [0, 0.1) is 0 Å². The summed E-state index contributed by atoms with van der Waals surface area (Å²) in [5.74, 6) is 0.110. The van der Waals surface area contributed by atoms with Crippen LogP contribution in [0.2, 0.25) is 0 Å². The molecule has 1 aliphatic rings. The summed E-state index contributed by atoms with van der Waals surface area (Å²) in [7, 11) is 1.69. The number of likely N-dealkylation sites (N-methyl/N-ethyl adjacent to an activating group) is 2. The number of hydrogen-bond donors (Lipinski definition) is 2. The van der Waals surface area contributed by atoms with Crippen molar-refractivity contribution in [2.75, 3.05) is 26.7 Å². The first-order valence-corrected chi connectivity index (χ1v) is 5.38. The Morgan fingerprint density at radius 2 is 2.43 bits per heavy atom. The molecule has 0 saturated carbocycles.